The third-order valence-electron chi connectivity index (χ3n) is 1.34. The normalized spacial score (nSPS) is 12.1. The van der Waals surface area contributed by atoms with Gasteiger partial charge in [0, 0.05) is 12.0 Å². The maximum absolute atomic E-state index is 10.0. The number of hydrogen-bond donors (Lipinski definition) is 3. The van der Waals surface area contributed by atoms with Crippen molar-refractivity contribution >= 4 is 5.97 Å². The Balaban J connectivity index is 0. The maximum atomic E-state index is 10.0. The highest BCUT2D eigenvalue weighted by Crippen LogP contribution is 2.01. The first-order valence-corrected chi connectivity index (χ1v) is 4.55. The van der Waals surface area contributed by atoms with Gasteiger partial charge in [-0.2, -0.15) is 0 Å². The van der Waals surface area contributed by atoms with Gasteiger partial charge in [0.05, 0.1) is 11.7 Å². The lowest BCUT2D eigenvalue weighted by Crippen LogP contribution is -2.12. The van der Waals surface area contributed by atoms with Gasteiger partial charge in [-0.15, -0.1) is 6.58 Å². The van der Waals surface area contributed by atoms with E-state index in [9.17, 15) is 4.79 Å². The molecule has 0 aromatic rings. The van der Waals surface area contributed by atoms with Gasteiger partial charge >= 0.3 is 5.97 Å². The van der Waals surface area contributed by atoms with E-state index >= 15 is 0 Å². The van der Waals surface area contributed by atoms with Crippen molar-refractivity contribution < 1.29 is 20.1 Å². The summed E-state index contributed by atoms with van der Waals surface area (Å²) in [7, 11) is 0. The average molecular weight is 216 g/mol. The smallest absolute Gasteiger partial charge is 0.331 e. The van der Waals surface area contributed by atoms with Crippen molar-refractivity contribution in [1.82, 2.24) is 0 Å². The van der Waals surface area contributed by atoms with E-state index in [1.54, 1.807) is 13.8 Å². The fraction of sp³-hybridized carbons (Fsp3) is 0.545. The molecule has 1 unspecified atom stereocenters. The molecule has 0 aliphatic rings. The maximum Gasteiger partial charge on any atom is 0.331 e. The average Bonchev–Trinajstić information content (AvgIpc) is 2.02. The molecule has 0 heterocycles. The van der Waals surface area contributed by atoms with Crippen LogP contribution < -0.4 is 0 Å². The quantitative estimate of drug-likeness (QED) is 0.489. The van der Waals surface area contributed by atoms with Crippen molar-refractivity contribution in [2.24, 2.45) is 0 Å². The van der Waals surface area contributed by atoms with Crippen molar-refractivity contribution in [3.63, 3.8) is 0 Å². The fourth-order valence-electron chi connectivity index (χ4n) is 0.444. The summed E-state index contributed by atoms with van der Waals surface area (Å²) in [5.41, 5.74) is -0.648. The molecule has 3 N–H and O–H groups in total. The number of carboxylic acids is 1. The second kappa shape index (κ2) is 7.20. The van der Waals surface area contributed by atoms with Gasteiger partial charge in [-0.1, -0.05) is 12.7 Å². The van der Waals surface area contributed by atoms with Crippen molar-refractivity contribution in [3.8, 4) is 0 Å². The largest absolute Gasteiger partial charge is 0.478 e. The highest BCUT2D eigenvalue weighted by molar-refractivity contribution is 5.85. The molecule has 0 radical (unpaired) electrons. The lowest BCUT2D eigenvalue weighted by Gasteiger charge is -2.07. The predicted molar refractivity (Wildman–Crippen MR) is 59.6 cm³/mol. The Labute approximate surface area is 90.6 Å². The number of aliphatic carboxylic acids is 1. The van der Waals surface area contributed by atoms with E-state index < -0.39 is 17.7 Å². The molecule has 0 aliphatic carbocycles. The van der Waals surface area contributed by atoms with Gasteiger partial charge in [-0.3, -0.25) is 0 Å². The van der Waals surface area contributed by atoms with Crippen LogP contribution in [-0.4, -0.2) is 33.0 Å². The van der Waals surface area contributed by atoms with E-state index in [1.165, 1.54) is 13.0 Å². The summed E-state index contributed by atoms with van der Waals surface area (Å²) in [4.78, 5) is 10.0. The fourth-order valence-corrected chi connectivity index (χ4v) is 0.444. The summed E-state index contributed by atoms with van der Waals surface area (Å²) >= 11 is 0. The molecule has 0 aliphatic heterocycles. The Morgan fingerprint density at radius 3 is 1.93 bits per heavy atom. The summed E-state index contributed by atoms with van der Waals surface area (Å²) < 4.78 is 0. The summed E-state index contributed by atoms with van der Waals surface area (Å²) in [6.45, 7) is 11.5. The molecule has 0 rings (SSSR count). The van der Waals surface area contributed by atoms with Crippen LogP contribution in [0.15, 0.2) is 24.8 Å². The molecule has 4 heteroatoms. The van der Waals surface area contributed by atoms with Crippen LogP contribution >= 0.6 is 0 Å². The number of aliphatic hydroxyl groups excluding tert-OH is 1. The van der Waals surface area contributed by atoms with Crippen LogP contribution in [0.5, 0.6) is 0 Å². The lowest BCUT2D eigenvalue weighted by atomic mass is 10.1. The Hall–Kier alpha value is -1.13. The van der Waals surface area contributed by atoms with E-state index in [0.717, 1.165) is 0 Å². The lowest BCUT2D eigenvalue weighted by molar-refractivity contribution is -0.133. The molecule has 0 fully saturated rings. The minimum absolute atomic E-state index is 0.0463. The zero-order valence-electron chi connectivity index (χ0n) is 9.53. The number of rotatable bonds is 4. The topological polar surface area (TPSA) is 77.8 Å². The Kier molecular flexibility index (Phi) is 7.83. The summed E-state index contributed by atoms with van der Waals surface area (Å²) in [6, 6.07) is 0. The first-order valence-electron chi connectivity index (χ1n) is 4.55. The molecule has 0 saturated heterocycles. The number of carbonyl (C=O) groups is 1. The third kappa shape index (κ3) is 15.6. The molecule has 88 valence electrons. The molecule has 0 spiro atoms. The van der Waals surface area contributed by atoms with E-state index in [-0.39, 0.29) is 12.0 Å². The zero-order chi connectivity index (χ0) is 12.6. The summed E-state index contributed by atoms with van der Waals surface area (Å²) in [5, 5.41) is 25.6. The van der Waals surface area contributed by atoms with Crippen LogP contribution in [-0.2, 0) is 4.79 Å². The van der Waals surface area contributed by atoms with Crippen LogP contribution in [0.4, 0.5) is 0 Å². The predicted octanol–water partition coefficient (Wildman–Crippen LogP) is 1.34. The molecule has 0 aromatic heterocycles. The van der Waals surface area contributed by atoms with Crippen molar-refractivity contribution in [3.05, 3.63) is 24.8 Å². The summed E-state index contributed by atoms with van der Waals surface area (Å²) in [5.74, 6) is -1.05. The standard InChI is InChI=1S/C6H10O3.C5H10O/c1-4(6(8)9)3-5(2)7;1-4-5(2,3)6/h5,7H,1,3H2,2H3,(H,8,9);4,6H,1H2,2-3H3. The second-order valence-electron chi connectivity index (χ2n) is 3.82. The minimum Gasteiger partial charge on any atom is -0.478 e. The molecular formula is C11H20O4. The van der Waals surface area contributed by atoms with Crippen LogP contribution in [0, 0.1) is 0 Å². The van der Waals surface area contributed by atoms with Crippen molar-refractivity contribution in [1.29, 1.82) is 0 Å². The van der Waals surface area contributed by atoms with E-state index in [0.29, 0.717) is 0 Å². The van der Waals surface area contributed by atoms with Gasteiger partial charge in [0.25, 0.3) is 0 Å². The van der Waals surface area contributed by atoms with E-state index in [1.807, 2.05) is 0 Å². The zero-order valence-corrected chi connectivity index (χ0v) is 9.53. The van der Waals surface area contributed by atoms with Crippen molar-refractivity contribution in [2.75, 3.05) is 0 Å². The van der Waals surface area contributed by atoms with E-state index in [4.69, 9.17) is 15.3 Å². The highest BCUT2D eigenvalue weighted by Gasteiger charge is 2.05. The van der Waals surface area contributed by atoms with Crippen LogP contribution in [0.1, 0.15) is 27.2 Å². The number of aliphatic hydroxyl groups is 2. The summed E-state index contributed by atoms with van der Waals surface area (Å²) in [6.07, 6.45) is 1.01. The Bertz CT molecular complexity index is 223. The molecular weight excluding hydrogens is 196 g/mol. The van der Waals surface area contributed by atoms with Gasteiger partial charge in [0.15, 0.2) is 0 Å². The number of hydrogen-bond acceptors (Lipinski definition) is 3. The van der Waals surface area contributed by atoms with Crippen molar-refractivity contribution in [2.45, 2.75) is 38.9 Å². The van der Waals surface area contributed by atoms with Gasteiger partial charge in [0.2, 0.25) is 0 Å². The Morgan fingerprint density at radius 1 is 1.53 bits per heavy atom. The molecule has 15 heavy (non-hydrogen) atoms. The minimum atomic E-state index is -1.05. The van der Waals surface area contributed by atoms with Crippen LogP contribution in [0.25, 0.3) is 0 Å². The van der Waals surface area contributed by atoms with Crippen LogP contribution in [0.3, 0.4) is 0 Å². The molecule has 1 atom stereocenters. The SMILES string of the molecule is C=C(CC(C)O)C(=O)O.C=CC(C)(C)O. The Morgan fingerprint density at radius 2 is 1.87 bits per heavy atom. The number of carboxylic acid groups (broad SMARTS) is 1. The monoisotopic (exact) mass is 216 g/mol. The molecule has 0 aromatic carbocycles. The third-order valence-corrected chi connectivity index (χ3v) is 1.34. The van der Waals surface area contributed by atoms with Gasteiger partial charge in [-0.25, -0.2) is 4.79 Å². The molecule has 4 nitrogen and oxygen atoms in total. The van der Waals surface area contributed by atoms with E-state index in [2.05, 4.69) is 13.2 Å². The first kappa shape index (κ1) is 16.3. The highest BCUT2D eigenvalue weighted by atomic mass is 16.4. The van der Waals surface area contributed by atoms with Gasteiger partial charge < -0.3 is 15.3 Å². The van der Waals surface area contributed by atoms with Gasteiger partial charge in [-0.05, 0) is 20.8 Å². The molecule has 0 bridgehead atoms. The first-order chi connectivity index (χ1) is 6.60. The second-order valence-corrected chi connectivity index (χ2v) is 3.82. The molecule has 0 amide bonds. The molecule has 0 saturated carbocycles. The van der Waals surface area contributed by atoms with Gasteiger partial charge in [0.1, 0.15) is 0 Å². The van der Waals surface area contributed by atoms with Crippen LogP contribution in [0.2, 0.25) is 0 Å².